The number of ether oxygens (including phenoxy) is 1. The number of methoxy groups -OCH3 is 1. The maximum absolute atomic E-state index is 11.3. The maximum Gasteiger partial charge on any atom is 0.264 e. The highest BCUT2D eigenvalue weighted by Crippen LogP contribution is 2.31. The van der Waals surface area contributed by atoms with Crippen molar-refractivity contribution in [2.24, 2.45) is 5.73 Å². The second-order valence-electron chi connectivity index (χ2n) is 4.20. The van der Waals surface area contributed by atoms with Crippen molar-refractivity contribution in [1.29, 1.82) is 0 Å². The maximum atomic E-state index is 11.3. The van der Waals surface area contributed by atoms with E-state index in [9.17, 15) is 4.79 Å². The number of nitrogens with zero attached hydrogens (tertiary/aromatic N) is 1. The minimum absolute atomic E-state index is 0.255. The van der Waals surface area contributed by atoms with Crippen molar-refractivity contribution >= 4 is 0 Å². The lowest BCUT2D eigenvalue weighted by Gasteiger charge is -2.12. The predicted octanol–water partition coefficient (Wildman–Crippen LogP) is 1.47. The SMILES string of the molecule is CCc1ccc(OC)c(-c2n[nH]c(=O)cc2CN)c1. The van der Waals surface area contributed by atoms with Crippen LogP contribution in [0.1, 0.15) is 18.1 Å². The highest BCUT2D eigenvalue weighted by atomic mass is 16.5. The molecule has 100 valence electrons. The number of hydrogen-bond acceptors (Lipinski definition) is 4. The largest absolute Gasteiger partial charge is 0.496 e. The normalized spacial score (nSPS) is 10.5. The van der Waals surface area contributed by atoms with Crippen LogP contribution in [0.4, 0.5) is 0 Å². The van der Waals surface area contributed by atoms with Gasteiger partial charge < -0.3 is 10.5 Å². The quantitative estimate of drug-likeness (QED) is 0.871. The van der Waals surface area contributed by atoms with Crippen molar-refractivity contribution < 1.29 is 4.74 Å². The average Bonchev–Trinajstić information content (AvgIpc) is 2.46. The van der Waals surface area contributed by atoms with Crippen LogP contribution in [-0.4, -0.2) is 17.3 Å². The molecule has 5 heteroatoms. The lowest BCUT2D eigenvalue weighted by atomic mass is 10.0. The molecule has 0 radical (unpaired) electrons. The fraction of sp³-hybridized carbons (Fsp3) is 0.286. The second-order valence-corrected chi connectivity index (χ2v) is 4.20. The van der Waals surface area contributed by atoms with Gasteiger partial charge in [0.1, 0.15) is 5.75 Å². The molecule has 19 heavy (non-hydrogen) atoms. The van der Waals surface area contributed by atoms with Crippen LogP contribution in [-0.2, 0) is 13.0 Å². The minimum Gasteiger partial charge on any atom is -0.496 e. The Hall–Kier alpha value is -2.14. The summed E-state index contributed by atoms with van der Waals surface area (Å²) < 4.78 is 5.36. The molecule has 0 aliphatic rings. The molecule has 2 rings (SSSR count). The van der Waals surface area contributed by atoms with E-state index in [1.807, 2.05) is 18.2 Å². The van der Waals surface area contributed by atoms with Gasteiger partial charge in [0.15, 0.2) is 0 Å². The van der Waals surface area contributed by atoms with Gasteiger partial charge in [-0.2, -0.15) is 5.10 Å². The van der Waals surface area contributed by atoms with Crippen LogP contribution in [0.5, 0.6) is 5.75 Å². The Morgan fingerprint density at radius 1 is 1.37 bits per heavy atom. The highest BCUT2D eigenvalue weighted by molar-refractivity contribution is 5.70. The van der Waals surface area contributed by atoms with Crippen molar-refractivity contribution in [3.8, 4) is 17.0 Å². The van der Waals surface area contributed by atoms with Crippen LogP contribution in [0.2, 0.25) is 0 Å². The first kappa shape index (κ1) is 13.3. The molecule has 2 aromatic rings. The number of H-pyrrole nitrogens is 1. The molecule has 0 saturated heterocycles. The van der Waals surface area contributed by atoms with E-state index in [-0.39, 0.29) is 12.1 Å². The summed E-state index contributed by atoms with van der Waals surface area (Å²) >= 11 is 0. The van der Waals surface area contributed by atoms with Gasteiger partial charge in [-0.1, -0.05) is 13.0 Å². The standard InChI is InChI=1S/C14H17N3O2/c1-3-9-4-5-12(19-2)11(6-9)14-10(8-15)7-13(18)16-17-14/h4-7H,3,8,15H2,1-2H3,(H,16,18). The Morgan fingerprint density at radius 2 is 2.16 bits per heavy atom. The lowest BCUT2D eigenvalue weighted by Crippen LogP contribution is -2.13. The number of hydrogen-bond donors (Lipinski definition) is 2. The predicted molar refractivity (Wildman–Crippen MR) is 74.1 cm³/mol. The molecule has 0 aliphatic carbocycles. The summed E-state index contributed by atoms with van der Waals surface area (Å²) in [4.78, 5) is 11.3. The summed E-state index contributed by atoms with van der Waals surface area (Å²) in [6.45, 7) is 2.33. The van der Waals surface area contributed by atoms with Gasteiger partial charge >= 0.3 is 0 Å². The van der Waals surface area contributed by atoms with Crippen LogP contribution >= 0.6 is 0 Å². The number of aromatic amines is 1. The van der Waals surface area contributed by atoms with Crippen LogP contribution in [0.3, 0.4) is 0 Å². The number of nitrogens with one attached hydrogen (secondary N) is 1. The van der Waals surface area contributed by atoms with E-state index in [2.05, 4.69) is 17.1 Å². The van der Waals surface area contributed by atoms with Gasteiger partial charge in [-0.25, -0.2) is 5.10 Å². The van der Waals surface area contributed by atoms with Crippen LogP contribution in [0.15, 0.2) is 29.1 Å². The molecular weight excluding hydrogens is 242 g/mol. The molecule has 0 atom stereocenters. The van der Waals surface area contributed by atoms with Crippen molar-refractivity contribution in [2.75, 3.05) is 7.11 Å². The number of nitrogens with two attached hydrogens (primary N) is 1. The van der Waals surface area contributed by atoms with Crippen molar-refractivity contribution in [2.45, 2.75) is 19.9 Å². The first-order valence-corrected chi connectivity index (χ1v) is 6.15. The third kappa shape index (κ3) is 2.66. The Kier molecular flexibility index (Phi) is 3.97. The summed E-state index contributed by atoms with van der Waals surface area (Å²) in [5, 5.41) is 6.55. The fourth-order valence-electron chi connectivity index (χ4n) is 1.99. The molecule has 1 aromatic carbocycles. The van der Waals surface area contributed by atoms with Gasteiger partial charge in [0, 0.05) is 18.2 Å². The molecule has 0 saturated carbocycles. The smallest absolute Gasteiger partial charge is 0.264 e. The topological polar surface area (TPSA) is 81.0 Å². The molecule has 0 aliphatic heterocycles. The summed E-state index contributed by atoms with van der Waals surface area (Å²) in [7, 11) is 1.61. The average molecular weight is 259 g/mol. The summed E-state index contributed by atoms with van der Waals surface area (Å²) in [5.74, 6) is 0.714. The van der Waals surface area contributed by atoms with E-state index >= 15 is 0 Å². The second kappa shape index (κ2) is 5.67. The first-order chi connectivity index (χ1) is 9.19. The minimum atomic E-state index is -0.255. The van der Waals surface area contributed by atoms with Crippen molar-refractivity contribution in [3.63, 3.8) is 0 Å². The molecule has 1 heterocycles. The van der Waals surface area contributed by atoms with Gasteiger partial charge in [0.2, 0.25) is 0 Å². The Labute approximate surface area is 111 Å². The molecule has 5 nitrogen and oxygen atoms in total. The molecule has 0 unspecified atom stereocenters. The zero-order valence-electron chi connectivity index (χ0n) is 11.1. The molecule has 0 amide bonds. The van der Waals surface area contributed by atoms with Crippen molar-refractivity contribution in [3.05, 3.63) is 45.7 Å². The third-order valence-corrected chi connectivity index (χ3v) is 3.03. The number of benzene rings is 1. The lowest BCUT2D eigenvalue weighted by molar-refractivity contribution is 0.416. The van der Waals surface area contributed by atoms with E-state index in [4.69, 9.17) is 10.5 Å². The van der Waals surface area contributed by atoms with Gasteiger partial charge in [-0.05, 0) is 29.7 Å². The van der Waals surface area contributed by atoms with Gasteiger partial charge in [-0.15, -0.1) is 0 Å². The highest BCUT2D eigenvalue weighted by Gasteiger charge is 2.12. The molecule has 0 spiro atoms. The zero-order valence-corrected chi connectivity index (χ0v) is 11.1. The summed E-state index contributed by atoms with van der Waals surface area (Å²) in [6.07, 6.45) is 0.915. The molecular formula is C14H17N3O2. The monoisotopic (exact) mass is 259 g/mol. The van der Waals surface area contributed by atoms with Crippen LogP contribution in [0.25, 0.3) is 11.3 Å². The molecule has 3 N–H and O–H groups in total. The van der Waals surface area contributed by atoms with Gasteiger partial charge in [-0.3, -0.25) is 4.79 Å². The van der Waals surface area contributed by atoms with Crippen molar-refractivity contribution in [1.82, 2.24) is 10.2 Å². The van der Waals surface area contributed by atoms with E-state index in [0.717, 1.165) is 12.0 Å². The first-order valence-electron chi connectivity index (χ1n) is 6.15. The van der Waals surface area contributed by atoms with E-state index in [0.29, 0.717) is 17.0 Å². The molecule has 0 fully saturated rings. The Balaban J connectivity index is 2.66. The van der Waals surface area contributed by atoms with E-state index in [1.165, 1.54) is 11.6 Å². The molecule has 1 aromatic heterocycles. The summed E-state index contributed by atoms with van der Waals surface area (Å²) in [6, 6.07) is 7.40. The van der Waals surface area contributed by atoms with Gasteiger partial charge in [0.25, 0.3) is 5.56 Å². The van der Waals surface area contributed by atoms with E-state index in [1.54, 1.807) is 7.11 Å². The van der Waals surface area contributed by atoms with E-state index < -0.39 is 0 Å². The number of rotatable bonds is 4. The third-order valence-electron chi connectivity index (χ3n) is 3.03. The number of aromatic nitrogens is 2. The Morgan fingerprint density at radius 3 is 2.79 bits per heavy atom. The molecule has 0 bridgehead atoms. The van der Waals surface area contributed by atoms with Crippen LogP contribution in [0, 0.1) is 0 Å². The van der Waals surface area contributed by atoms with Crippen LogP contribution < -0.4 is 16.0 Å². The zero-order chi connectivity index (χ0) is 13.8. The number of aryl methyl sites for hydroxylation is 1. The Bertz CT molecular complexity index is 635. The van der Waals surface area contributed by atoms with Gasteiger partial charge in [0.05, 0.1) is 12.8 Å². The fourth-order valence-corrected chi connectivity index (χ4v) is 1.99. The summed E-state index contributed by atoms with van der Waals surface area (Å²) in [5.41, 5.74) is 8.81.